The quantitative estimate of drug-likeness (QED) is 0.604. The first-order valence-electron chi connectivity index (χ1n) is 12.5. The molecule has 9 heteroatoms. The van der Waals surface area contributed by atoms with Gasteiger partial charge in [0.1, 0.15) is 17.0 Å². The highest BCUT2D eigenvalue weighted by atomic mass is 32.2. The van der Waals surface area contributed by atoms with Crippen LogP contribution in [0.15, 0.2) is 29.2 Å². The third-order valence-electron chi connectivity index (χ3n) is 6.82. The van der Waals surface area contributed by atoms with Gasteiger partial charge in [-0.3, -0.25) is 0 Å². The Morgan fingerprint density at radius 1 is 1.14 bits per heavy atom. The summed E-state index contributed by atoms with van der Waals surface area (Å²) in [4.78, 5) is 24.8. The van der Waals surface area contributed by atoms with E-state index < -0.39 is 22.9 Å². The zero-order chi connectivity index (χ0) is 24.7. The van der Waals surface area contributed by atoms with Gasteiger partial charge in [0, 0.05) is 19.5 Å². The van der Waals surface area contributed by atoms with Crippen LogP contribution in [0.2, 0.25) is 0 Å². The Morgan fingerprint density at radius 2 is 1.86 bits per heavy atom. The van der Waals surface area contributed by atoms with E-state index in [0.29, 0.717) is 29.9 Å². The summed E-state index contributed by atoms with van der Waals surface area (Å²) < 4.78 is 18.1. The van der Waals surface area contributed by atoms with Gasteiger partial charge in [-0.2, -0.15) is 4.98 Å². The molecule has 1 amide bonds. The van der Waals surface area contributed by atoms with E-state index in [9.17, 15) is 9.35 Å². The van der Waals surface area contributed by atoms with Gasteiger partial charge in [-0.15, -0.1) is 0 Å². The lowest BCUT2D eigenvalue weighted by atomic mass is 9.89. The predicted octanol–water partition coefficient (Wildman–Crippen LogP) is 3.91. The van der Waals surface area contributed by atoms with Crippen molar-refractivity contribution in [2.75, 3.05) is 29.1 Å². The van der Waals surface area contributed by atoms with E-state index in [2.05, 4.69) is 46.7 Å². The molecule has 1 aliphatic carbocycles. The molecule has 1 saturated carbocycles. The number of nitrogens with zero attached hydrogens (tertiary/aromatic N) is 3. The molecule has 2 N–H and O–H groups in total. The Morgan fingerprint density at radius 3 is 2.54 bits per heavy atom. The standard InChI is InChI=1S/C26H35N5O3S/c1-16-5-7-17(8-6-16)18-9-12-31(13-10-18)24-28-19-11-14-35(33)22(19)23(30-24)27-20-15-21(20)29-25(32)34-26(2,3)4/h5-8,18,20-21H,9-15H2,1-4H3,(H,29,32)(H,27,28,30). The second-order valence-electron chi connectivity index (χ2n) is 10.9. The lowest BCUT2D eigenvalue weighted by Gasteiger charge is -2.32. The molecule has 0 bridgehead atoms. The van der Waals surface area contributed by atoms with Crippen LogP contribution in [-0.2, 0) is 22.3 Å². The maximum absolute atomic E-state index is 12.7. The van der Waals surface area contributed by atoms with Gasteiger partial charge in [-0.05, 0) is 69.6 Å². The highest BCUT2D eigenvalue weighted by molar-refractivity contribution is 7.91. The van der Waals surface area contributed by atoms with Gasteiger partial charge in [0.05, 0.1) is 12.1 Å². The van der Waals surface area contributed by atoms with Crippen molar-refractivity contribution in [3.05, 3.63) is 41.1 Å². The molecular weight excluding hydrogens is 462 g/mol. The van der Waals surface area contributed by atoms with Crippen molar-refractivity contribution in [3.63, 3.8) is 0 Å². The molecule has 3 unspecified atom stereocenters. The molecule has 2 fully saturated rings. The molecule has 1 aromatic carbocycles. The Balaban J connectivity index is 1.25. The fourth-order valence-electron chi connectivity index (χ4n) is 4.82. The Bertz CT molecular complexity index is 1080. The molecule has 1 aromatic heterocycles. The molecule has 1 saturated heterocycles. The molecule has 2 aliphatic heterocycles. The number of aryl methyl sites for hydroxylation is 2. The first-order valence-corrected chi connectivity index (χ1v) is 13.8. The molecule has 8 nitrogen and oxygen atoms in total. The number of aromatic nitrogens is 2. The smallest absolute Gasteiger partial charge is 0.407 e. The van der Waals surface area contributed by atoms with Gasteiger partial charge in [0.15, 0.2) is 5.82 Å². The summed E-state index contributed by atoms with van der Waals surface area (Å²) in [6.07, 6.45) is 3.18. The van der Waals surface area contributed by atoms with Crippen molar-refractivity contribution < 1.29 is 14.1 Å². The lowest BCUT2D eigenvalue weighted by molar-refractivity contribution is 0.0523. The second kappa shape index (κ2) is 9.50. The van der Waals surface area contributed by atoms with Crippen LogP contribution in [-0.4, -0.2) is 57.1 Å². The minimum absolute atomic E-state index is 0.0287. The average Bonchev–Trinajstić information content (AvgIpc) is 3.40. The largest absolute Gasteiger partial charge is 0.611 e. The number of fused-ring (bicyclic) bond motifs is 1. The van der Waals surface area contributed by atoms with Gasteiger partial charge in [0.25, 0.3) is 0 Å². The Labute approximate surface area is 210 Å². The number of piperidine rings is 1. The van der Waals surface area contributed by atoms with Gasteiger partial charge in [0.2, 0.25) is 10.8 Å². The van der Waals surface area contributed by atoms with E-state index in [1.54, 1.807) is 0 Å². The maximum Gasteiger partial charge on any atom is 0.407 e. The number of anilines is 2. The number of hydrogen-bond acceptors (Lipinski definition) is 7. The normalized spacial score (nSPS) is 24.1. The number of carbonyl (C=O) groups is 1. The third kappa shape index (κ3) is 5.67. The number of benzene rings is 1. The fraction of sp³-hybridized carbons (Fsp3) is 0.577. The summed E-state index contributed by atoms with van der Waals surface area (Å²) in [5.74, 6) is 2.50. The number of rotatable bonds is 5. The summed E-state index contributed by atoms with van der Waals surface area (Å²) in [5.41, 5.74) is 3.04. The Kier molecular flexibility index (Phi) is 6.57. The number of carbonyl (C=O) groups excluding carboxylic acids is 1. The minimum Gasteiger partial charge on any atom is -0.611 e. The summed E-state index contributed by atoms with van der Waals surface area (Å²) >= 11 is -1.10. The van der Waals surface area contributed by atoms with E-state index in [4.69, 9.17) is 14.7 Å². The van der Waals surface area contributed by atoms with Crippen LogP contribution >= 0.6 is 0 Å². The number of nitrogens with one attached hydrogen (secondary N) is 2. The molecule has 188 valence electrons. The Hall–Kier alpha value is -2.52. The van der Waals surface area contributed by atoms with Gasteiger partial charge < -0.3 is 24.8 Å². The van der Waals surface area contributed by atoms with Gasteiger partial charge in [-0.25, -0.2) is 9.78 Å². The summed E-state index contributed by atoms with van der Waals surface area (Å²) in [6, 6.07) is 8.88. The average molecular weight is 498 g/mol. The number of hydrogen-bond donors (Lipinski definition) is 2. The lowest BCUT2D eigenvalue weighted by Crippen LogP contribution is -2.36. The van der Waals surface area contributed by atoms with E-state index in [-0.39, 0.29) is 12.1 Å². The van der Waals surface area contributed by atoms with Gasteiger partial charge >= 0.3 is 6.09 Å². The van der Waals surface area contributed by atoms with Crippen LogP contribution < -0.4 is 15.5 Å². The van der Waals surface area contributed by atoms with Crippen LogP contribution in [0, 0.1) is 6.92 Å². The second-order valence-corrected chi connectivity index (χ2v) is 12.4. The van der Waals surface area contributed by atoms with Crippen molar-refractivity contribution in [1.82, 2.24) is 15.3 Å². The van der Waals surface area contributed by atoms with Crippen LogP contribution in [0.1, 0.15) is 62.8 Å². The topological polar surface area (TPSA) is 102 Å². The number of ether oxygens (including phenoxy) is 1. The van der Waals surface area contributed by atoms with Crippen LogP contribution in [0.4, 0.5) is 16.6 Å². The van der Waals surface area contributed by atoms with Crippen molar-refractivity contribution in [2.24, 2.45) is 0 Å². The minimum atomic E-state index is -1.10. The number of alkyl carbamates (subject to hydrolysis) is 1. The summed E-state index contributed by atoms with van der Waals surface area (Å²) in [7, 11) is 0. The maximum atomic E-state index is 12.7. The number of amides is 1. The summed E-state index contributed by atoms with van der Waals surface area (Å²) in [5, 5.41) is 6.35. The monoisotopic (exact) mass is 497 g/mol. The first-order chi connectivity index (χ1) is 16.7. The van der Waals surface area contributed by atoms with Crippen LogP contribution in [0.25, 0.3) is 0 Å². The molecule has 3 atom stereocenters. The van der Waals surface area contributed by atoms with E-state index in [1.165, 1.54) is 11.1 Å². The van der Waals surface area contributed by atoms with Crippen molar-refractivity contribution in [2.45, 2.75) is 81.9 Å². The molecular formula is C26H35N5O3S. The zero-order valence-electron chi connectivity index (χ0n) is 21.0. The molecule has 0 spiro atoms. The van der Waals surface area contributed by atoms with E-state index in [0.717, 1.165) is 42.9 Å². The molecule has 3 aliphatic rings. The van der Waals surface area contributed by atoms with Crippen LogP contribution in [0.3, 0.4) is 0 Å². The highest BCUT2D eigenvalue weighted by Gasteiger charge is 2.42. The SMILES string of the molecule is Cc1ccc(C2CCN(c3nc4c(c(NC5CC5NC(=O)OC(C)(C)C)n3)[S+]([O-])CC4)CC2)cc1. The molecule has 35 heavy (non-hydrogen) atoms. The fourth-order valence-corrected chi connectivity index (χ4v) is 6.14. The van der Waals surface area contributed by atoms with Crippen molar-refractivity contribution in [1.29, 1.82) is 0 Å². The molecule has 5 rings (SSSR count). The van der Waals surface area contributed by atoms with E-state index >= 15 is 0 Å². The molecule has 3 heterocycles. The highest BCUT2D eigenvalue weighted by Crippen LogP contribution is 2.37. The van der Waals surface area contributed by atoms with Crippen molar-refractivity contribution in [3.8, 4) is 0 Å². The summed E-state index contributed by atoms with van der Waals surface area (Å²) in [6.45, 7) is 9.45. The molecule has 2 aromatic rings. The third-order valence-corrected chi connectivity index (χ3v) is 8.28. The first kappa shape index (κ1) is 24.2. The van der Waals surface area contributed by atoms with Gasteiger partial charge in [-0.1, -0.05) is 29.8 Å². The van der Waals surface area contributed by atoms with Crippen molar-refractivity contribution >= 4 is 29.0 Å². The predicted molar refractivity (Wildman–Crippen MR) is 138 cm³/mol. The van der Waals surface area contributed by atoms with E-state index in [1.807, 2.05) is 20.8 Å². The van der Waals surface area contributed by atoms with Crippen LogP contribution in [0.5, 0.6) is 0 Å². The molecule has 0 radical (unpaired) electrons. The zero-order valence-corrected chi connectivity index (χ0v) is 21.8.